The minimum Gasteiger partial charge on any atom is -0.383 e. The van der Waals surface area contributed by atoms with E-state index in [1.54, 1.807) is 4.90 Å². The van der Waals surface area contributed by atoms with Crippen molar-refractivity contribution in [1.82, 2.24) is 14.6 Å². The Morgan fingerprint density at radius 1 is 1.32 bits per heavy atom. The van der Waals surface area contributed by atoms with Crippen molar-refractivity contribution in [1.29, 1.82) is 0 Å². The number of likely N-dealkylation sites (tertiary alicyclic amines) is 1. The molecule has 3 heterocycles. The van der Waals surface area contributed by atoms with Gasteiger partial charge in [0, 0.05) is 37.5 Å². The Kier molecular flexibility index (Phi) is 5.79. The smallest absolute Gasteiger partial charge is 0.252 e. The van der Waals surface area contributed by atoms with E-state index in [9.17, 15) is 14.7 Å². The Balaban J connectivity index is 1.58. The van der Waals surface area contributed by atoms with Gasteiger partial charge in [0.15, 0.2) is 0 Å². The van der Waals surface area contributed by atoms with Crippen molar-refractivity contribution in [3.63, 3.8) is 0 Å². The van der Waals surface area contributed by atoms with Gasteiger partial charge in [-0.1, -0.05) is 33.8 Å². The molecule has 0 radical (unpaired) electrons. The molecule has 28 heavy (non-hydrogen) atoms. The number of rotatable bonds is 6. The Morgan fingerprint density at radius 2 is 2.07 bits per heavy atom. The Labute approximate surface area is 166 Å². The summed E-state index contributed by atoms with van der Waals surface area (Å²) in [6, 6.07) is 7.70. The number of amides is 2. The summed E-state index contributed by atoms with van der Waals surface area (Å²) in [6.45, 7) is 9.59. The third-order valence-electron chi connectivity index (χ3n) is 6.26. The van der Waals surface area contributed by atoms with E-state index in [1.165, 1.54) is 0 Å². The summed E-state index contributed by atoms with van der Waals surface area (Å²) in [5.41, 5.74) is 1.17. The molecule has 0 aliphatic carbocycles. The van der Waals surface area contributed by atoms with Crippen LogP contribution in [0, 0.1) is 17.3 Å². The molecule has 1 aliphatic rings. The van der Waals surface area contributed by atoms with Gasteiger partial charge in [-0.3, -0.25) is 9.59 Å². The summed E-state index contributed by atoms with van der Waals surface area (Å²) in [6.07, 6.45) is 3.47. The van der Waals surface area contributed by atoms with Crippen LogP contribution < -0.4 is 5.32 Å². The highest BCUT2D eigenvalue weighted by Crippen LogP contribution is 2.29. The van der Waals surface area contributed by atoms with Crippen molar-refractivity contribution in [3.05, 3.63) is 42.2 Å². The maximum absolute atomic E-state index is 12.7. The second-order valence-corrected chi connectivity index (χ2v) is 8.70. The molecular formula is C22H31N3O3. The molecule has 152 valence electrons. The molecule has 0 aromatic carbocycles. The summed E-state index contributed by atoms with van der Waals surface area (Å²) < 4.78 is 1.92. The van der Waals surface area contributed by atoms with Crippen LogP contribution in [-0.4, -0.2) is 52.0 Å². The number of aliphatic hydroxyl groups excluding tert-OH is 1. The van der Waals surface area contributed by atoms with E-state index in [4.69, 9.17) is 0 Å². The molecule has 6 nitrogen and oxygen atoms in total. The standard InChI is InChI=1S/C22H31N3O3/c1-5-22(3,4)19(26)21(28)25-12-15(2)17(14-25)11-23-20(27)16-10-18-8-6-7-9-24(18)13-16/h6-10,13,15,17,19,26H,5,11-12,14H2,1-4H3,(H,23,27)/t15-,17-,19?/m1/s1. The monoisotopic (exact) mass is 385 g/mol. The highest BCUT2D eigenvalue weighted by atomic mass is 16.3. The summed E-state index contributed by atoms with van der Waals surface area (Å²) in [7, 11) is 0. The maximum atomic E-state index is 12.7. The molecule has 6 heteroatoms. The molecule has 1 fully saturated rings. The van der Waals surface area contributed by atoms with Gasteiger partial charge in [0.25, 0.3) is 11.8 Å². The van der Waals surface area contributed by atoms with Crippen LogP contribution in [0.5, 0.6) is 0 Å². The molecule has 2 N–H and O–H groups in total. The van der Waals surface area contributed by atoms with Crippen LogP contribution in [-0.2, 0) is 4.79 Å². The SMILES string of the molecule is CCC(C)(C)C(O)C(=O)N1C[C@@H](CNC(=O)c2cc3ccccn3c2)[C@H](C)C1. The van der Waals surface area contributed by atoms with Gasteiger partial charge in [0.05, 0.1) is 5.56 Å². The first-order valence-electron chi connectivity index (χ1n) is 10.0. The molecule has 1 aliphatic heterocycles. The van der Waals surface area contributed by atoms with Crippen molar-refractivity contribution >= 4 is 17.3 Å². The Bertz CT molecular complexity index is 825. The summed E-state index contributed by atoms with van der Waals surface area (Å²) in [5.74, 6) is 0.148. The quantitative estimate of drug-likeness (QED) is 0.803. The lowest BCUT2D eigenvalue weighted by Gasteiger charge is -2.31. The van der Waals surface area contributed by atoms with Gasteiger partial charge in [0.2, 0.25) is 0 Å². The number of nitrogens with zero attached hydrogens (tertiary/aromatic N) is 2. The predicted octanol–water partition coefficient (Wildman–Crippen LogP) is 2.56. The number of hydrogen-bond donors (Lipinski definition) is 2. The summed E-state index contributed by atoms with van der Waals surface area (Å²) >= 11 is 0. The fraction of sp³-hybridized carbons (Fsp3) is 0.545. The zero-order valence-electron chi connectivity index (χ0n) is 17.2. The molecule has 3 atom stereocenters. The second kappa shape index (κ2) is 7.95. The van der Waals surface area contributed by atoms with Crippen molar-refractivity contribution in [2.75, 3.05) is 19.6 Å². The fourth-order valence-corrected chi connectivity index (χ4v) is 3.69. The van der Waals surface area contributed by atoms with Crippen LogP contribution in [0.2, 0.25) is 0 Å². The average Bonchev–Trinajstić information content (AvgIpc) is 3.28. The van der Waals surface area contributed by atoms with Crippen LogP contribution in [0.25, 0.3) is 5.52 Å². The molecule has 2 amide bonds. The van der Waals surface area contributed by atoms with Gasteiger partial charge in [-0.2, -0.15) is 0 Å². The minimum atomic E-state index is -0.994. The largest absolute Gasteiger partial charge is 0.383 e. The van der Waals surface area contributed by atoms with Crippen LogP contribution in [0.15, 0.2) is 36.7 Å². The number of pyridine rings is 1. The van der Waals surface area contributed by atoms with E-state index in [0.29, 0.717) is 25.2 Å². The van der Waals surface area contributed by atoms with Crippen LogP contribution in [0.4, 0.5) is 0 Å². The topological polar surface area (TPSA) is 74.0 Å². The lowest BCUT2D eigenvalue weighted by atomic mass is 9.83. The average molecular weight is 386 g/mol. The number of nitrogens with one attached hydrogen (secondary N) is 1. The molecular weight excluding hydrogens is 354 g/mol. The van der Waals surface area contributed by atoms with Crippen molar-refractivity contribution in [2.24, 2.45) is 17.3 Å². The molecule has 1 unspecified atom stereocenters. The third kappa shape index (κ3) is 4.07. The molecule has 2 aromatic rings. The zero-order valence-corrected chi connectivity index (χ0v) is 17.2. The Morgan fingerprint density at radius 3 is 2.75 bits per heavy atom. The van der Waals surface area contributed by atoms with Crippen LogP contribution in [0.3, 0.4) is 0 Å². The van der Waals surface area contributed by atoms with E-state index in [0.717, 1.165) is 11.9 Å². The summed E-state index contributed by atoms with van der Waals surface area (Å²) in [4.78, 5) is 27.0. The first-order chi connectivity index (χ1) is 13.2. The summed E-state index contributed by atoms with van der Waals surface area (Å²) in [5, 5.41) is 13.5. The second-order valence-electron chi connectivity index (χ2n) is 8.70. The number of carbonyl (C=O) groups excluding carboxylic acids is 2. The highest BCUT2D eigenvalue weighted by molar-refractivity contribution is 5.95. The number of carbonyl (C=O) groups is 2. The normalized spacial score (nSPS) is 21.1. The number of aromatic nitrogens is 1. The van der Waals surface area contributed by atoms with Gasteiger partial charge in [-0.05, 0) is 41.9 Å². The van der Waals surface area contributed by atoms with E-state index < -0.39 is 11.5 Å². The molecule has 2 aromatic heterocycles. The first kappa shape index (κ1) is 20.4. The van der Waals surface area contributed by atoms with E-state index in [1.807, 2.05) is 61.8 Å². The highest BCUT2D eigenvalue weighted by Gasteiger charge is 2.39. The Hall–Kier alpha value is -2.34. The van der Waals surface area contributed by atoms with Crippen molar-refractivity contribution < 1.29 is 14.7 Å². The van der Waals surface area contributed by atoms with Gasteiger partial charge in [-0.15, -0.1) is 0 Å². The van der Waals surface area contributed by atoms with Crippen LogP contribution >= 0.6 is 0 Å². The van der Waals surface area contributed by atoms with Gasteiger partial charge in [-0.25, -0.2) is 0 Å². The van der Waals surface area contributed by atoms with E-state index in [-0.39, 0.29) is 23.7 Å². The van der Waals surface area contributed by atoms with E-state index in [2.05, 4.69) is 12.2 Å². The molecule has 0 saturated carbocycles. The fourth-order valence-electron chi connectivity index (χ4n) is 3.69. The van der Waals surface area contributed by atoms with Gasteiger partial charge < -0.3 is 19.7 Å². The molecule has 3 rings (SSSR count). The number of aliphatic hydroxyl groups is 1. The van der Waals surface area contributed by atoms with Crippen molar-refractivity contribution in [2.45, 2.75) is 40.2 Å². The molecule has 1 saturated heterocycles. The maximum Gasteiger partial charge on any atom is 0.252 e. The lowest BCUT2D eigenvalue weighted by molar-refractivity contribution is -0.145. The molecule has 0 spiro atoms. The van der Waals surface area contributed by atoms with Crippen molar-refractivity contribution in [3.8, 4) is 0 Å². The minimum absolute atomic E-state index is 0.104. The zero-order chi connectivity index (χ0) is 20.5. The van der Waals surface area contributed by atoms with Gasteiger partial charge >= 0.3 is 0 Å². The van der Waals surface area contributed by atoms with Gasteiger partial charge in [0.1, 0.15) is 6.10 Å². The van der Waals surface area contributed by atoms with Crippen LogP contribution in [0.1, 0.15) is 44.5 Å². The number of fused-ring (bicyclic) bond motifs is 1. The lowest BCUT2D eigenvalue weighted by Crippen LogP contribution is -2.45. The number of hydrogen-bond acceptors (Lipinski definition) is 3. The predicted molar refractivity (Wildman–Crippen MR) is 109 cm³/mol. The first-order valence-corrected chi connectivity index (χ1v) is 10.0. The third-order valence-corrected chi connectivity index (χ3v) is 6.26. The molecule has 0 bridgehead atoms. The van der Waals surface area contributed by atoms with E-state index >= 15 is 0 Å².